The number of aliphatic carboxylic acids is 1. The van der Waals surface area contributed by atoms with Crippen LogP contribution in [0.1, 0.15) is 5.56 Å². The monoisotopic (exact) mass is 276 g/mol. The number of rotatable bonds is 3. The van der Waals surface area contributed by atoms with Gasteiger partial charge in [-0.1, -0.05) is 12.1 Å². The molecule has 1 N–H and O–H groups in total. The van der Waals surface area contributed by atoms with E-state index in [0.29, 0.717) is 0 Å². The lowest BCUT2D eigenvalue weighted by Crippen LogP contribution is -2.17. The molecule has 0 bridgehead atoms. The summed E-state index contributed by atoms with van der Waals surface area (Å²) in [5.41, 5.74) is 1.88. The van der Waals surface area contributed by atoms with E-state index in [9.17, 15) is 4.79 Å². The fourth-order valence-electron chi connectivity index (χ4n) is 1.56. The van der Waals surface area contributed by atoms with Gasteiger partial charge >= 0.3 is 5.97 Å². The zero-order valence-corrected chi connectivity index (χ0v) is 10.7. The Bertz CT molecular complexity index is 393. The molecule has 17 heavy (non-hydrogen) atoms. The first-order valence-corrected chi connectivity index (χ1v) is 4.83. The molecule has 2 rings (SSSR count). The number of anilines is 1. The Morgan fingerprint density at radius 2 is 1.94 bits per heavy atom. The number of aliphatic imine (C=N–C) groups is 1. The van der Waals surface area contributed by atoms with Crippen LogP contribution < -0.4 is 4.90 Å². The molecule has 0 amide bonds. The van der Waals surface area contributed by atoms with Crippen LogP contribution in [-0.4, -0.2) is 30.5 Å². The van der Waals surface area contributed by atoms with Crippen LogP contribution >= 0.6 is 24.8 Å². The van der Waals surface area contributed by atoms with Gasteiger partial charge in [-0.25, -0.2) is 0 Å². The maximum atomic E-state index is 10.5. The topological polar surface area (TPSA) is 52.9 Å². The summed E-state index contributed by atoms with van der Waals surface area (Å²) in [6, 6.07) is 7.54. The van der Waals surface area contributed by atoms with Crippen molar-refractivity contribution >= 4 is 42.8 Å². The first-order valence-electron chi connectivity index (χ1n) is 4.83. The average Bonchev–Trinajstić information content (AvgIpc) is 2.71. The van der Waals surface area contributed by atoms with E-state index >= 15 is 0 Å². The molecule has 0 aromatic heterocycles. The Labute approximate surface area is 112 Å². The van der Waals surface area contributed by atoms with E-state index in [-0.39, 0.29) is 31.2 Å². The highest BCUT2D eigenvalue weighted by molar-refractivity contribution is 5.85. The lowest BCUT2D eigenvalue weighted by molar-refractivity contribution is -0.136. The van der Waals surface area contributed by atoms with Crippen molar-refractivity contribution in [3.63, 3.8) is 0 Å². The number of benzene rings is 1. The molecular weight excluding hydrogens is 263 g/mol. The van der Waals surface area contributed by atoms with Crippen LogP contribution in [0.15, 0.2) is 29.3 Å². The Kier molecular flexibility index (Phi) is 6.61. The molecule has 0 atom stereocenters. The Hall–Kier alpha value is -1.26. The van der Waals surface area contributed by atoms with Gasteiger partial charge in [0.2, 0.25) is 0 Å². The molecule has 1 aliphatic heterocycles. The minimum absolute atomic E-state index is 0. The molecule has 4 nitrogen and oxygen atoms in total. The fourth-order valence-corrected chi connectivity index (χ4v) is 1.56. The van der Waals surface area contributed by atoms with Gasteiger partial charge < -0.3 is 10.0 Å². The molecule has 1 aromatic carbocycles. The van der Waals surface area contributed by atoms with Crippen LogP contribution in [0.4, 0.5) is 5.69 Å². The molecule has 0 saturated carbocycles. The Morgan fingerprint density at radius 1 is 1.29 bits per heavy atom. The van der Waals surface area contributed by atoms with E-state index < -0.39 is 5.97 Å². The number of hydrogen-bond donors (Lipinski definition) is 1. The summed E-state index contributed by atoms with van der Waals surface area (Å²) < 4.78 is 0. The largest absolute Gasteiger partial charge is 0.481 e. The standard InChI is InChI=1S/C11H12N2O2.2ClH/c14-11(15)7-9-1-3-10(4-2-9)13-6-5-12-8-13;;/h1-4,8H,5-7H2,(H,14,15);2*1H. The quantitative estimate of drug-likeness (QED) is 0.919. The molecule has 0 aliphatic carbocycles. The van der Waals surface area contributed by atoms with E-state index in [0.717, 1.165) is 24.3 Å². The predicted molar refractivity (Wildman–Crippen MR) is 73.0 cm³/mol. The van der Waals surface area contributed by atoms with E-state index in [4.69, 9.17) is 5.11 Å². The number of carbonyl (C=O) groups is 1. The van der Waals surface area contributed by atoms with E-state index in [2.05, 4.69) is 4.99 Å². The maximum Gasteiger partial charge on any atom is 0.307 e. The van der Waals surface area contributed by atoms with Crippen LogP contribution in [0.2, 0.25) is 0 Å². The highest BCUT2D eigenvalue weighted by atomic mass is 35.5. The average molecular weight is 277 g/mol. The number of halogens is 2. The van der Waals surface area contributed by atoms with Crippen LogP contribution in [0, 0.1) is 0 Å². The van der Waals surface area contributed by atoms with Gasteiger partial charge in [-0.3, -0.25) is 9.79 Å². The first kappa shape index (κ1) is 15.7. The zero-order valence-electron chi connectivity index (χ0n) is 9.07. The fraction of sp³-hybridized carbons (Fsp3) is 0.273. The van der Waals surface area contributed by atoms with Gasteiger partial charge in [0.05, 0.1) is 19.3 Å². The van der Waals surface area contributed by atoms with Crippen molar-refractivity contribution in [2.45, 2.75) is 6.42 Å². The second-order valence-corrected chi connectivity index (χ2v) is 3.45. The second-order valence-electron chi connectivity index (χ2n) is 3.45. The predicted octanol–water partition coefficient (Wildman–Crippen LogP) is 2.01. The molecule has 0 unspecified atom stereocenters. The lowest BCUT2D eigenvalue weighted by atomic mass is 10.1. The van der Waals surface area contributed by atoms with Gasteiger partial charge in [-0.15, -0.1) is 24.8 Å². The normalized spacial score (nSPS) is 12.8. The van der Waals surface area contributed by atoms with Crippen molar-refractivity contribution in [3.8, 4) is 0 Å². The highest BCUT2D eigenvalue weighted by Crippen LogP contribution is 2.15. The third-order valence-electron chi connectivity index (χ3n) is 2.31. The van der Waals surface area contributed by atoms with Gasteiger partial charge in [0.1, 0.15) is 0 Å². The van der Waals surface area contributed by atoms with Crippen LogP contribution in [0.5, 0.6) is 0 Å². The molecule has 0 spiro atoms. The lowest BCUT2D eigenvalue weighted by Gasteiger charge is -2.13. The van der Waals surface area contributed by atoms with Crippen LogP contribution in [0.3, 0.4) is 0 Å². The van der Waals surface area contributed by atoms with Crippen LogP contribution in [-0.2, 0) is 11.2 Å². The van der Waals surface area contributed by atoms with Crippen molar-refractivity contribution in [3.05, 3.63) is 29.8 Å². The Balaban J connectivity index is 0.00000128. The van der Waals surface area contributed by atoms with Crippen LogP contribution in [0.25, 0.3) is 0 Å². The third kappa shape index (κ3) is 4.24. The van der Waals surface area contributed by atoms with Crippen molar-refractivity contribution in [1.29, 1.82) is 0 Å². The summed E-state index contributed by atoms with van der Waals surface area (Å²) in [6.07, 6.45) is 1.89. The molecule has 1 aliphatic rings. The summed E-state index contributed by atoms with van der Waals surface area (Å²) >= 11 is 0. The third-order valence-corrected chi connectivity index (χ3v) is 2.31. The van der Waals surface area contributed by atoms with E-state index in [1.807, 2.05) is 35.5 Å². The van der Waals surface area contributed by atoms with Gasteiger partial charge in [-0.2, -0.15) is 0 Å². The van der Waals surface area contributed by atoms with Gasteiger partial charge in [0, 0.05) is 12.2 Å². The second kappa shape index (κ2) is 7.14. The number of carboxylic acid groups (broad SMARTS) is 1. The smallest absolute Gasteiger partial charge is 0.307 e. The summed E-state index contributed by atoms with van der Waals surface area (Å²) in [7, 11) is 0. The van der Waals surface area contributed by atoms with Crippen molar-refractivity contribution in [1.82, 2.24) is 0 Å². The number of carboxylic acids is 1. The van der Waals surface area contributed by atoms with Gasteiger partial charge in [0.15, 0.2) is 0 Å². The SMILES string of the molecule is Cl.Cl.O=C(O)Cc1ccc(N2C=NCC2)cc1. The molecular formula is C11H14Cl2N2O2. The summed E-state index contributed by atoms with van der Waals surface area (Å²) in [6.45, 7) is 1.73. The van der Waals surface area contributed by atoms with Gasteiger partial charge in [-0.05, 0) is 17.7 Å². The summed E-state index contributed by atoms with van der Waals surface area (Å²) in [5, 5.41) is 8.62. The molecule has 94 valence electrons. The van der Waals surface area contributed by atoms with Crippen molar-refractivity contribution in [2.24, 2.45) is 4.99 Å². The zero-order chi connectivity index (χ0) is 10.7. The highest BCUT2D eigenvalue weighted by Gasteiger charge is 2.07. The minimum Gasteiger partial charge on any atom is -0.481 e. The molecule has 6 heteroatoms. The maximum absolute atomic E-state index is 10.5. The summed E-state index contributed by atoms with van der Waals surface area (Å²) in [4.78, 5) is 16.6. The molecule has 1 heterocycles. The number of hydrogen-bond acceptors (Lipinski definition) is 3. The molecule has 0 fully saturated rings. The van der Waals surface area contributed by atoms with E-state index in [1.165, 1.54) is 0 Å². The molecule has 1 aromatic rings. The van der Waals surface area contributed by atoms with E-state index in [1.54, 1.807) is 0 Å². The Morgan fingerprint density at radius 3 is 2.41 bits per heavy atom. The first-order chi connectivity index (χ1) is 7.25. The molecule has 0 radical (unpaired) electrons. The minimum atomic E-state index is -0.800. The van der Waals surface area contributed by atoms with Crippen molar-refractivity contribution in [2.75, 3.05) is 18.0 Å². The van der Waals surface area contributed by atoms with Gasteiger partial charge in [0.25, 0.3) is 0 Å². The molecule has 0 saturated heterocycles. The number of nitrogens with zero attached hydrogens (tertiary/aromatic N) is 2. The summed E-state index contributed by atoms with van der Waals surface area (Å²) in [5.74, 6) is -0.800. The van der Waals surface area contributed by atoms with Crippen molar-refractivity contribution < 1.29 is 9.90 Å².